The van der Waals surface area contributed by atoms with E-state index in [-0.39, 0.29) is 19.5 Å². The summed E-state index contributed by atoms with van der Waals surface area (Å²) in [5, 5.41) is 23.1. The molecule has 2 aliphatic rings. The molecule has 0 spiro atoms. The van der Waals surface area contributed by atoms with E-state index in [0.717, 1.165) is 100 Å². The van der Waals surface area contributed by atoms with E-state index < -0.39 is 0 Å². The first-order chi connectivity index (χ1) is 27.7. The summed E-state index contributed by atoms with van der Waals surface area (Å²) in [7, 11) is 0. The summed E-state index contributed by atoms with van der Waals surface area (Å²) >= 11 is 2.46. The van der Waals surface area contributed by atoms with Gasteiger partial charge in [0, 0.05) is 75.3 Å². The number of benzene rings is 4. The van der Waals surface area contributed by atoms with Gasteiger partial charge in [-0.15, -0.1) is 0 Å². The SMILES string of the molecule is N#CSCc1cccc(-c2c3nc(c(-c4ccccc4)c4ccc([nH]4)c(-c4cccc(CSC#N)c4)c4nc(c(-c5ccccc5)c5ccc2[nH]5)C=C4)C=C3)c1.[Zn]. The molecule has 0 saturated heterocycles. The first-order valence-corrected chi connectivity index (χ1v) is 20.1. The fourth-order valence-electron chi connectivity index (χ4n) is 7.49. The summed E-state index contributed by atoms with van der Waals surface area (Å²) in [6.45, 7) is 0. The van der Waals surface area contributed by atoms with Gasteiger partial charge in [0.05, 0.1) is 22.8 Å². The number of fused-ring (bicyclic) bond motifs is 8. The van der Waals surface area contributed by atoms with Gasteiger partial charge in [0.15, 0.2) is 0 Å². The molecule has 0 aliphatic carbocycles. The topological polar surface area (TPSA) is 105 Å². The standard InChI is InChI=1S/C48H32N6S2.Zn/c49-29-55-27-31-9-7-15-35(25-31)47-41-21-17-37(51-41)45(33-11-3-1-4-12-33)38-18-22-42(52-38)48(36-16-8-10-32(26-36)28-56-30-50)44-24-20-40(54-44)46(34-13-5-2-6-14-34)39-19-23-43(47)53-39;/h1-26,51,54H,27-28H2;. The van der Waals surface area contributed by atoms with Gasteiger partial charge in [-0.05, 0) is 105 Å². The van der Waals surface area contributed by atoms with Crippen molar-refractivity contribution in [1.29, 1.82) is 10.5 Å². The van der Waals surface area contributed by atoms with Crippen molar-refractivity contribution in [2.24, 2.45) is 0 Å². The second-order valence-electron chi connectivity index (χ2n) is 13.4. The summed E-state index contributed by atoms with van der Waals surface area (Å²) in [5.41, 5.74) is 17.2. The van der Waals surface area contributed by atoms with E-state index in [1.807, 2.05) is 24.3 Å². The van der Waals surface area contributed by atoms with Crippen molar-refractivity contribution in [3.8, 4) is 55.3 Å². The number of thioether (sulfide) groups is 2. The maximum atomic E-state index is 9.32. The van der Waals surface area contributed by atoms with E-state index in [2.05, 4.69) is 154 Å². The molecule has 0 fully saturated rings. The van der Waals surface area contributed by atoms with Gasteiger partial charge in [0.25, 0.3) is 0 Å². The molecule has 0 radical (unpaired) electrons. The normalized spacial score (nSPS) is 11.5. The summed E-state index contributed by atoms with van der Waals surface area (Å²) in [6.07, 6.45) is 8.40. The van der Waals surface area contributed by atoms with Crippen molar-refractivity contribution in [2.45, 2.75) is 11.5 Å². The molecule has 5 heterocycles. The van der Waals surface area contributed by atoms with Gasteiger partial charge in [-0.3, -0.25) is 0 Å². The maximum absolute atomic E-state index is 9.32. The zero-order chi connectivity index (χ0) is 37.8. The first-order valence-electron chi connectivity index (χ1n) is 18.1. The Kier molecular flexibility index (Phi) is 11.2. The number of aromatic nitrogens is 4. The van der Waals surface area contributed by atoms with Gasteiger partial charge in [0.1, 0.15) is 10.8 Å². The van der Waals surface area contributed by atoms with Crippen LogP contribution in [0.3, 0.4) is 0 Å². The summed E-state index contributed by atoms with van der Waals surface area (Å²) in [5.74, 6) is 1.18. The second kappa shape index (κ2) is 16.9. The number of nitrogens with one attached hydrogen (secondary N) is 2. The molecule has 8 bridgehead atoms. The predicted octanol–water partition coefficient (Wildman–Crippen LogP) is 12.7. The zero-order valence-corrected chi connectivity index (χ0v) is 35.3. The van der Waals surface area contributed by atoms with Crippen LogP contribution in [0.15, 0.2) is 133 Å². The third-order valence-electron chi connectivity index (χ3n) is 9.92. The van der Waals surface area contributed by atoms with Gasteiger partial charge in [0.2, 0.25) is 0 Å². The minimum atomic E-state index is 0. The molecular weight excluding hydrogens is 790 g/mol. The minimum Gasteiger partial charge on any atom is -0.354 e. The molecule has 4 aromatic carbocycles. The smallest absolute Gasteiger partial charge is 0.133 e. The summed E-state index contributed by atoms with van der Waals surface area (Å²) < 4.78 is 0. The van der Waals surface area contributed by atoms with Crippen LogP contribution in [0, 0.1) is 21.3 Å². The fraction of sp³-hybridized carbons (Fsp3) is 0.0417. The number of hydrogen-bond acceptors (Lipinski definition) is 6. The Morgan fingerprint density at radius 2 is 0.754 bits per heavy atom. The third kappa shape index (κ3) is 7.66. The zero-order valence-electron chi connectivity index (χ0n) is 30.7. The molecule has 7 aromatic rings. The van der Waals surface area contributed by atoms with Crippen molar-refractivity contribution >= 4 is 69.9 Å². The van der Waals surface area contributed by atoms with Crippen LogP contribution in [-0.4, -0.2) is 19.9 Å². The first kappa shape index (κ1) is 37.7. The molecule has 9 rings (SSSR count). The molecule has 2 N–H and O–H groups in total. The Hall–Kier alpha value is -6.22. The van der Waals surface area contributed by atoms with Crippen molar-refractivity contribution in [1.82, 2.24) is 19.9 Å². The molecular formula is C48H32N6S2Zn. The maximum Gasteiger partial charge on any atom is 0.133 e. The van der Waals surface area contributed by atoms with Gasteiger partial charge < -0.3 is 9.97 Å². The molecule has 3 aromatic heterocycles. The third-order valence-corrected chi connectivity index (χ3v) is 11.1. The van der Waals surface area contributed by atoms with Crippen molar-refractivity contribution in [3.63, 3.8) is 0 Å². The van der Waals surface area contributed by atoms with Crippen LogP contribution in [0.4, 0.5) is 0 Å². The van der Waals surface area contributed by atoms with E-state index in [1.165, 1.54) is 23.5 Å². The summed E-state index contributed by atoms with van der Waals surface area (Å²) in [4.78, 5) is 18.4. The molecule has 0 saturated carbocycles. The van der Waals surface area contributed by atoms with Crippen LogP contribution in [0.1, 0.15) is 33.9 Å². The Bertz CT molecular complexity index is 2750. The van der Waals surface area contributed by atoms with Crippen LogP contribution >= 0.6 is 23.5 Å². The minimum absolute atomic E-state index is 0. The molecule has 0 unspecified atom stereocenters. The van der Waals surface area contributed by atoms with Crippen LogP contribution in [0.5, 0.6) is 0 Å². The van der Waals surface area contributed by atoms with Crippen molar-refractivity contribution < 1.29 is 19.5 Å². The summed E-state index contributed by atoms with van der Waals surface area (Å²) in [6, 6.07) is 46.0. The van der Waals surface area contributed by atoms with E-state index in [1.54, 1.807) is 0 Å². The second-order valence-corrected chi connectivity index (χ2v) is 14.9. The number of hydrogen-bond donors (Lipinski definition) is 2. The number of rotatable bonds is 8. The average Bonchev–Trinajstić information content (AvgIpc) is 4.09. The predicted molar refractivity (Wildman–Crippen MR) is 234 cm³/mol. The molecule has 57 heavy (non-hydrogen) atoms. The number of nitriles is 2. The molecule has 0 atom stereocenters. The molecule has 2 aliphatic heterocycles. The number of nitrogens with zero attached hydrogens (tertiary/aromatic N) is 4. The van der Waals surface area contributed by atoms with Crippen molar-refractivity contribution in [2.75, 3.05) is 0 Å². The van der Waals surface area contributed by atoms with Crippen LogP contribution in [0.2, 0.25) is 0 Å². The van der Waals surface area contributed by atoms with E-state index in [4.69, 9.17) is 9.97 Å². The van der Waals surface area contributed by atoms with Gasteiger partial charge in [-0.25, -0.2) is 9.97 Å². The number of thiocyanates is 2. The average molecular weight is 822 g/mol. The molecule has 6 nitrogen and oxygen atoms in total. The Labute approximate surface area is 351 Å². The van der Waals surface area contributed by atoms with E-state index in [9.17, 15) is 10.5 Å². The fourth-order valence-corrected chi connectivity index (χ4v) is 8.32. The number of aromatic amines is 2. The van der Waals surface area contributed by atoms with Crippen LogP contribution in [-0.2, 0) is 31.0 Å². The van der Waals surface area contributed by atoms with Gasteiger partial charge in [-0.2, -0.15) is 10.5 Å². The van der Waals surface area contributed by atoms with E-state index in [0.29, 0.717) is 11.5 Å². The van der Waals surface area contributed by atoms with E-state index >= 15 is 0 Å². The van der Waals surface area contributed by atoms with Gasteiger partial charge >= 0.3 is 0 Å². The van der Waals surface area contributed by atoms with Crippen molar-refractivity contribution in [3.05, 3.63) is 167 Å². The monoisotopic (exact) mass is 820 g/mol. The van der Waals surface area contributed by atoms with Gasteiger partial charge in [-0.1, -0.05) is 109 Å². The molecule has 268 valence electrons. The molecule has 0 amide bonds. The number of H-pyrrole nitrogens is 2. The van der Waals surface area contributed by atoms with Crippen LogP contribution < -0.4 is 0 Å². The Morgan fingerprint density at radius 1 is 0.421 bits per heavy atom. The largest absolute Gasteiger partial charge is 0.354 e. The quantitative estimate of drug-likeness (QED) is 0.117. The molecule has 9 heteroatoms. The van der Waals surface area contributed by atoms with Crippen LogP contribution in [0.25, 0.3) is 90.9 Å². The Morgan fingerprint density at radius 3 is 1.11 bits per heavy atom. The Balaban J connectivity index is 0.00000455.